The molecule has 0 saturated heterocycles. The van der Waals surface area contributed by atoms with Crippen molar-refractivity contribution in [2.24, 2.45) is 0 Å². The SMILES string of the molecule is N#Cc1ccc2cc3c(=O)n(-c4ccc(Cl)cc4)c(=O)nc-3n(-c3ccc(Oc4cccc(B(O)O)c4)cc3)c2c1. The summed E-state index contributed by atoms with van der Waals surface area (Å²) >= 11 is 5.99. The number of nitriles is 1. The standard InChI is InChI=1S/C30H18BClN4O5/c32-21-6-8-23(9-7-21)36-29(37)26-15-19-5-4-18(17-33)14-27(19)35(28(26)34-30(36)38)22-10-12-24(13-11-22)41-25-3-1-2-20(16-25)31(39)40/h1-16,39-40H. The molecule has 9 nitrogen and oxygen atoms in total. The molecule has 0 spiro atoms. The summed E-state index contributed by atoms with van der Waals surface area (Å²) in [5, 5.41) is 29.5. The van der Waals surface area contributed by atoms with Gasteiger partial charge in [0.1, 0.15) is 11.5 Å². The Hall–Kier alpha value is -5.21. The quantitative estimate of drug-likeness (QED) is 0.243. The van der Waals surface area contributed by atoms with Crippen molar-refractivity contribution in [3.8, 4) is 40.3 Å². The number of halogens is 1. The molecule has 6 rings (SSSR count). The molecule has 4 aromatic carbocycles. The van der Waals surface area contributed by atoms with Crippen molar-refractivity contribution in [3.05, 3.63) is 128 Å². The summed E-state index contributed by atoms with van der Waals surface area (Å²) in [6.07, 6.45) is 0. The first-order valence-corrected chi connectivity index (χ1v) is 12.7. The van der Waals surface area contributed by atoms with Crippen molar-refractivity contribution in [3.63, 3.8) is 0 Å². The summed E-state index contributed by atoms with van der Waals surface area (Å²) in [5.41, 5.74) is 1.06. The van der Waals surface area contributed by atoms with Crippen LogP contribution in [0.25, 0.3) is 33.7 Å². The molecule has 0 atom stereocenters. The molecule has 198 valence electrons. The Balaban J connectivity index is 1.53. The third-order valence-electron chi connectivity index (χ3n) is 6.55. The van der Waals surface area contributed by atoms with Gasteiger partial charge in [-0.05, 0) is 89.7 Å². The zero-order chi connectivity index (χ0) is 28.7. The number of hydrogen-bond donors (Lipinski definition) is 2. The van der Waals surface area contributed by atoms with Gasteiger partial charge in [-0.2, -0.15) is 10.2 Å². The lowest BCUT2D eigenvalue weighted by Crippen LogP contribution is -2.36. The topological polar surface area (TPSA) is 130 Å². The number of nitrogens with zero attached hydrogens (tertiary/aromatic N) is 4. The van der Waals surface area contributed by atoms with Crippen molar-refractivity contribution >= 4 is 35.1 Å². The van der Waals surface area contributed by atoms with Gasteiger partial charge < -0.3 is 14.8 Å². The van der Waals surface area contributed by atoms with E-state index in [4.69, 9.17) is 16.3 Å². The molecule has 41 heavy (non-hydrogen) atoms. The average molecular weight is 561 g/mol. The van der Waals surface area contributed by atoms with Crippen LogP contribution in [0.2, 0.25) is 5.02 Å². The highest BCUT2D eigenvalue weighted by Crippen LogP contribution is 2.30. The monoisotopic (exact) mass is 560 g/mol. The smallest absolute Gasteiger partial charge is 0.457 e. The van der Waals surface area contributed by atoms with E-state index in [1.54, 1.807) is 95.6 Å². The molecule has 0 bridgehead atoms. The number of pyridine rings is 1. The van der Waals surface area contributed by atoms with E-state index < -0.39 is 18.4 Å². The molecule has 0 saturated carbocycles. The maximum atomic E-state index is 13.7. The lowest BCUT2D eigenvalue weighted by molar-refractivity contribution is 0.425. The first-order valence-electron chi connectivity index (χ1n) is 12.4. The van der Waals surface area contributed by atoms with Crippen LogP contribution in [0.3, 0.4) is 0 Å². The van der Waals surface area contributed by atoms with Gasteiger partial charge >= 0.3 is 12.8 Å². The van der Waals surface area contributed by atoms with Crippen LogP contribution < -0.4 is 21.4 Å². The lowest BCUT2D eigenvalue weighted by Gasteiger charge is -2.19. The summed E-state index contributed by atoms with van der Waals surface area (Å²) in [4.78, 5) is 31.2. The summed E-state index contributed by atoms with van der Waals surface area (Å²) in [7, 11) is -1.63. The van der Waals surface area contributed by atoms with Crippen LogP contribution in [-0.4, -0.2) is 31.3 Å². The average Bonchev–Trinajstić information content (AvgIpc) is 2.97. The van der Waals surface area contributed by atoms with E-state index in [2.05, 4.69) is 11.1 Å². The van der Waals surface area contributed by atoms with Crippen LogP contribution in [0.5, 0.6) is 11.5 Å². The minimum absolute atomic E-state index is 0.131. The molecule has 2 aliphatic rings. The molecular weight excluding hydrogens is 543 g/mol. The Morgan fingerprint density at radius 1 is 0.829 bits per heavy atom. The van der Waals surface area contributed by atoms with Gasteiger partial charge in [-0.15, -0.1) is 0 Å². The van der Waals surface area contributed by atoms with Crippen molar-refractivity contribution in [2.75, 3.05) is 0 Å². The second kappa shape index (κ2) is 10.4. The van der Waals surface area contributed by atoms with Crippen molar-refractivity contribution in [2.45, 2.75) is 0 Å². The van der Waals surface area contributed by atoms with E-state index in [-0.39, 0.29) is 16.9 Å². The fraction of sp³-hybridized carbons (Fsp3) is 0. The number of aromatic nitrogens is 3. The van der Waals surface area contributed by atoms with E-state index in [1.807, 2.05) is 0 Å². The van der Waals surface area contributed by atoms with Crippen LogP contribution in [0, 0.1) is 11.3 Å². The Kier molecular flexibility index (Phi) is 6.61. The Morgan fingerprint density at radius 2 is 1.54 bits per heavy atom. The summed E-state index contributed by atoms with van der Waals surface area (Å²) < 4.78 is 8.53. The summed E-state index contributed by atoms with van der Waals surface area (Å²) in [6, 6.07) is 28.4. The van der Waals surface area contributed by atoms with Crippen LogP contribution in [-0.2, 0) is 0 Å². The molecule has 0 aliphatic carbocycles. The van der Waals surface area contributed by atoms with Crippen molar-refractivity contribution in [1.29, 1.82) is 5.26 Å². The zero-order valence-electron chi connectivity index (χ0n) is 21.1. The molecule has 2 heterocycles. The van der Waals surface area contributed by atoms with E-state index >= 15 is 0 Å². The minimum atomic E-state index is -1.63. The first-order chi connectivity index (χ1) is 19.8. The van der Waals surface area contributed by atoms with Gasteiger partial charge in [0.05, 0.1) is 28.4 Å². The molecule has 0 amide bonds. The number of fused-ring (bicyclic) bond motifs is 2. The predicted octanol–water partition coefficient (Wildman–Crippen LogP) is 3.64. The molecular formula is C30H18BClN4O5. The van der Waals surface area contributed by atoms with Crippen LogP contribution >= 0.6 is 11.6 Å². The highest BCUT2D eigenvalue weighted by Gasteiger charge is 2.22. The van der Waals surface area contributed by atoms with Crippen molar-refractivity contribution in [1.82, 2.24) is 14.1 Å². The van der Waals surface area contributed by atoms with Gasteiger partial charge in [-0.3, -0.25) is 9.36 Å². The highest BCUT2D eigenvalue weighted by atomic mass is 35.5. The summed E-state index contributed by atoms with van der Waals surface area (Å²) in [5.74, 6) is 1.00. The summed E-state index contributed by atoms with van der Waals surface area (Å²) in [6.45, 7) is 0. The Bertz CT molecular complexity index is 2070. The van der Waals surface area contributed by atoms with E-state index in [0.29, 0.717) is 44.4 Å². The maximum Gasteiger partial charge on any atom is 0.488 e. The highest BCUT2D eigenvalue weighted by molar-refractivity contribution is 6.58. The van der Waals surface area contributed by atoms with Gasteiger partial charge in [0.25, 0.3) is 5.56 Å². The molecule has 11 heteroatoms. The first kappa shape index (κ1) is 26.0. The number of rotatable bonds is 5. The van der Waals surface area contributed by atoms with Crippen LogP contribution in [0.4, 0.5) is 0 Å². The molecule has 4 aromatic rings. The van der Waals surface area contributed by atoms with Gasteiger partial charge in [-0.25, -0.2) is 9.36 Å². The molecule has 2 aliphatic heterocycles. The van der Waals surface area contributed by atoms with Crippen LogP contribution in [0.15, 0.2) is 107 Å². The fourth-order valence-electron chi connectivity index (χ4n) is 4.62. The molecule has 0 radical (unpaired) electrons. The second-order valence-corrected chi connectivity index (χ2v) is 9.59. The number of benzene rings is 4. The lowest BCUT2D eigenvalue weighted by atomic mass is 9.80. The number of hydrogen-bond acceptors (Lipinski definition) is 7. The van der Waals surface area contributed by atoms with E-state index in [9.17, 15) is 24.9 Å². The minimum Gasteiger partial charge on any atom is -0.457 e. The Morgan fingerprint density at radius 3 is 2.24 bits per heavy atom. The van der Waals surface area contributed by atoms with Gasteiger partial charge in [0.15, 0.2) is 5.82 Å². The Labute approximate surface area is 237 Å². The third kappa shape index (κ3) is 4.86. The van der Waals surface area contributed by atoms with Gasteiger partial charge in [0.2, 0.25) is 0 Å². The molecule has 0 unspecified atom stereocenters. The normalized spacial score (nSPS) is 11.0. The molecule has 2 N–H and O–H groups in total. The molecule has 0 aromatic heterocycles. The van der Waals surface area contributed by atoms with E-state index in [0.717, 1.165) is 4.57 Å². The van der Waals surface area contributed by atoms with Crippen LogP contribution in [0.1, 0.15) is 5.56 Å². The van der Waals surface area contributed by atoms with E-state index in [1.165, 1.54) is 6.07 Å². The number of ether oxygens (including phenoxy) is 1. The maximum absolute atomic E-state index is 13.7. The van der Waals surface area contributed by atoms with Gasteiger partial charge in [0, 0.05) is 10.7 Å². The third-order valence-corrected chi connectivity index (χ3v) is 6.80. The second-order valence-electron chi connectivity index (χ2n) is 9.16. The predicted molar refractivity (Wildman–Crippen MR) is 156 cm³/mol. The fourth-order valence-corrected chi connectivity index (χ4v) is 4.74. The van der Waals surface area contributed by atoms with Crippen molar-refractivity contribution < 1.29 is 14.8 Å². The zero-order valence-corrected chi connectivity index (χ0v) is 21.9. The van der Waals surface area contributed by atoms with Gasteiger partial charge in [-0.1, -0.05) is 29.8 Å². The molecule has 0 fully saturated rings. The largest absolute Gasteiger partial charge is 0.488 e.